The maximum atomic E-state index is 14.3. The van der Waals surface area contributed by atoms with Crippen LogP contribution in [0.4, 0.5) is 14.9 Å². The zero-order valence-electron chi connectivity index (χ0n) is 13.9. The van der Waals surface area contributed by atoms with Crippen molar-refractivity contribution in [3.63, 3.8) is 0 Å². The molecule has 3 rings (SSSR count). The van der Waals surface area contributed by atoms with Crippen LogP contribution in [0.25, 0.3) is 0 Å². The molecule has 2 N–H and O–H groups in total. The number of hydrogen-bond acceptors (Lipinski definition) is 3. The number of imide groups is 1. The van der Waals surface area contributed by atoms with Crippen LogP contribution in [-0.2, 0) is 4.79 Å². The predicted molar refractivity (Wildman–Crippen MR) is 94.3 cm³/mol. The van der Waals surface area contributed by atoms with Gasteiger partial charge < -0.3 is 5.73 Å². The van der Waals surface area contributed by atoms with Crippen LogP contribution >= 0.6 is 0 Å². The number of carbonyl (C=O) groups is 2. The molecular weight excluding hydrogens is 321 g/mol. The van der Waals surface area contributed by atoms with Crippen molar-refractivity contribution >= 4 is 23.3 Å². The average molecular weight is 339 g/mol. The number of carbonyl (C=O) groups excluding carboxylic acids is 2. The van der Waals surface area contributed by atoms with E-state index in [2.05, 4.69) is 4.99 Å². The van der Waals surface area contributed by atoms with Crippen LogP contribution in [0.3, 0.4) is 0 Å². The van der Waals surface area contributed by atoms with Gasteiger partial charge in [-0.1, -0.05) is 24.3 Å². The number of hydrogen-bond donors (Lipinski definition) is 1. The van der Waals surface area contributed by atoms with Crippen LogP contribution < -0.4 is 10.2 Å². The number of aliphatic imine (C=N–C) groups is 1. The van der Waals surface area contributed by atoms with E-state index in [0.717, 1.165) is 6.54 Å². The molecule has 1 radical (unpaired) electrons. The highest BCUT2D eigenvalue weighted by molar-refractivity contribution is 6.23. The van der Waals surface area contributed by atoms with Gasteiger partial charge in [0.15, 0.2) is 5.69 Å². The number of primary amides is 1. The van der Waals surface area contributed by atoms with Crippen molar-refractivity contribution < 1.29 is 14.0 Å². The molecular formula is C19H18FN3O2+. The second kappa shape index (κ2) is 6.22. The lowest BCUT2D eigenvalue weighted by molar-refractivity contribution is -0.125. The van der Waals surface area contributed by atoms with Crippen molar-refractivity contribution in [3.05, 3.63) is 72.0 Å². The molecule has 1 aliphatic rings. The largest absolute Gasteiger partial charge is 0.426 e. The smallest absolute Gasteiger partial charge is 0.318 e. The van der Waals surface area contributed by atoms with Crippen LogP contribution in [0.15, 0.2) is 53.5 Å². The summed E-state index contributed by atoms with van der Waals surface area (Å²) in [6.45, 7) is 4.54. The summed E-state index contributed by atoms with van der Waals surface area (Å²) in [5, 5.41) is 0. The molecule has 0 saturated heterocycles. The second-order valence-electron chi connectivity index (χ2n) is 6.10. The Balaban J connectivity index is 2.35. The molecule has 1 heterocycles. The molecule has 5 nitrogen and oxygen atoms in total. The van der Waals surface area contributed by atoms with Gasteiger partial charge in [-0.15, -0.1) is 4.48 Å². The Bertz CT molecular complexity index is 892. The number of para-hydroxylation sites is 1. The number of nitrogens with two attached hydrogens (primary N) is 1. The fourth-order valence-electron chi connectivity index (χ4n) is 3.26. The van der Waals surface area contributed by atoms with E-state index in [-0.39, 0.29) is 5.56 Å². The average Bonchev–Trinajstić information content (AvgIpc) is 2.70. The molecule has 1 aliphatic heterocycles. The molecule has 0 fully saturated rings. The van der Waals surface area contributed by atoms with Gasteiger partial charge in [0, 0.05) is 11.6 Å². The number of halogens is 1. The van der Waals surface area contributed by atoms with Gasteiger partial charge >= 0.3 is 11.9 Å². The van der Waals surface area contributed by atoms with Crippen LogP contribution in [0.1, 0.15) is 25.0 Å². The lowest BCUT2D eigenvalue weighted by atomic mass is 9.98. The molecule has 6 heteroatoms. The van der Waals surface area contributed by atoms with Crippen molar-refractivity contribution in [3.8, 4) is 0 Å². The van der Waals surface area contributed by atoms with Crippen LogP contribution in [0, 0.1) is 12.4 Å². The summed E-state index contributed by atoms with van der Waals surface area (Å²) in [6, 6.07) is 11.8. The van der Waals surface area contributed by atoms with Crippen LogP contribution in [0.2, 0.25) is 0 Å². The molecule has 2 aromatic carbocycles. The Morgan fingerprint density at radius 2 is 1.68 bits per heavy atom. The molecule has 0 aliphatic carbocycles. The number of benzene rings is 2. The number of amides is 3. The van der Waals surface area contributed by atoms with E-state index in [0.29, 0.717) is 17.0 Å². The first-order valence-electron chi connectivity index (χ1n) is 7.89. The van der Waals surface area contributed by atoms with Gasteiger partial charge in [-0.25, -0.2) is 14.0 Å². The van der Waals surface area contributed by atoms with Crippen molar-refractivity contribution in [2.45, 2.75) is 19.9 Å². The zero-order chi connectivity index (χ0) is 18.2. The van der Waals surface area contributed by atoms with Gasteiger partial charge in [0.2, 0.25) is 6.54 Å². The second-order valence-corrected chi connectivity index (χ2v) is 6.10. The van der Waals surface area contributed by atoms with E-state index in [9.17, 15) is 14.0 Å². The Morgan fingerprint density at radius 3 is 2.28 bits per heavy atom. The minimum Gasteiger partial charge on any atom is -0.318 e. The first-order valence-corrected chi connectivity index (χ1v) is 7.89. The van der Waals surface area contributed by atoms with E-state index < -0.39 is 28.3 Å². The molecule has 0 spiro atoms. The van der Waals surface area contributed by atoms with E-state index in [1.54, 1.807) is 56.3 Å². The lowest BCUT2D eigenvalue weighted by Crippen LogP contribution is -2.65. The fraction of sp³-hybridized carbons (Fsp3) is 0.158. The van der Waals surface area contributed by atoms with E-state index in [1.807, 2.05) is 0 Å². The molecule has 0 aromatic heterocycles. The molecule has 0 saturated carbocycles. The Hall–Kier alpha value is -2.86. The van der Waals surface area contributed by atoms with Gasteiger partial charge in [0.05, 0.1) is 11.3 Å². The first kappa shape index (κ1) is 17.0. The van der Waals surface area contributed by atoms with Gasteiger partial charge in [-0.05, 0) is 32.0 Å². The highest BCUT2D eigenvalue weighted by atomic mass is 19.1. The molecule has 1 unspecified atom stereocenters. The third kappa shape index (κ3) is 2.46. The van der Waals surface area contributed by atoms with Gasteiger partial charge in [-0.3, -0.25) is 4.99 Å². The maximum Gasteiger partial charge on any atom is 0.426 e. The van der Waals surface area contributed by atoms with E-state index >= 15 is 0 Å². The summed E-state index contributed by atoms with van der Waals surface area (Å²) in [5.41, 5.74) is 7.11. The quantitative estimate of drug-likeness (QED) is 0.854. The lowest BCUT2D eigenvalue weighted by Gasteiger charge is -2.34. The molecule has 0 bridgehead atoms. The van der Waals surface area contributed by atoms with Gasteiger partial charge in [0.1, 0.15) is 11.9 Å². The van der Waals surface area contributed by atoms with Crippen LogP contribution in [-0.4, -0.2) is 23.7 Å². The van der Waals surface area contributed by atoms with Crippen LogP contribution in [0.5, 0.6) is 0 Å². The SMILES string of the molecule is CC(C)[N+]1(C(N)=O)C(=O)[CH]N=C(c2ccccc2F)c2ccccc21. The zero-order valence-corrected chi connectivity index (χ0v) is 13.9. The first-order chi connectivity index (χ1) is 11.9. The molecule has 1 atom stereocenters. The summed E-state index contributed by atoms with van der Waals surface area (Å²) in [6.07, 6.45) is 0. The monoisotopic (exact) mass is 339 g/mol. The van der Waals surface area contributed by atoms with Gasteiger partial charge in [-0.2, -0.15) is 0 Å². The number of fused-ring (bicyclic) bond motifs is 1. The topological polar surface area (TPSA) is 72.5 Å². The minimum absolute atomic E-state index is 0.257. The van der Waals surface area contributed by atoms with E-state index in [4.69, 9.17) is 5.73 Å². The molecule has 3 amide bonds. The third-order valence-electron chi connectivity index (χ3n) is 4.44. The summed E-state index contributed by atoms with van der Waals surface area (Å²) in [4.78, 5) is 29.5. The van der Waals surface area contributed by atoms with Crippen molar-refractivity contribution in [1.82, 2.24) is 4.48 Å². The number of benzodiazepines with no additional fused rings is 1. The standard InChI is InChI=1S/C19H17FN3O2/c1-12(2)23(19(21)25)16-10-6-4-8-14(16)18(22-11-17(23)24)13-7-3-5-9-15(13)20/h3-12H,1-2H3,(H-,21,25)/p+1. The summed E-state index contributed by atoms with van der Waals surface area (Å²) in [7, 11) is 0. The Kier molecular flexibility index (Phi) is 4.22. The summed E-state index contributed by atoms with van der Waals surface area (Å²) >= 11 is 0. The normalized spacial score (nSPS) is 20.0. The highest BCUT2D eigenvalue weighted by Crippen LogP contribution is 2.36. The number of nitrogens with zero attached hydrogens (tertiary/aromatic N) is 2. The summed E-state index contributed by atoms with van der Waals surface area (Å²) < 4.78 is 13.6. The Labute approximate surface area is 145 Å². The number of quaternary nitrogens is 1. The number of urea groups is 1. The van der Waals surface area contributed by atoms with E-state index in [1.165, 1.54) is 6.07 Å². The number of rotatable bonds is 2. The predicted octanol–water partition coefficient (Wildman–Crippen LogP) is 3.16. The summed E-state index contributed by atoms with van der Waals surface area (Å²) in [5.74, 6) is -1.01. The molecule has 25 heavy (non-hydrogen) atoms. The molecule has 2 aromatic rings. The highest BCUT2D eigenvalue weighted by Gasteiger charge is 2.51. The Morgan fingerprint density at radius 1 is 1.08 bits per heavy atom. The van der Waals surface area contributed by atoms with Crippen molar-refractivity contribution in [2.75, 3.05) is 0 Å². The fourth-order valence-corrected chi connectivity index (χ4v) is 3.26. The third-order valence-corrected chi connectivity index (χ3v) is 4.44. The maximum absolute atomic E-state index is 14.3. The van der Waals surface area contributed by atoms with Crippen molar-refractivity contribution in [1.29, 1.82) is 0 Å². The van der Waals surface area contributed by atoms with Gasteiger partial charge in [0.25, 0.3) is 0 Å². The minimum atomic E-state index is -0.798. The van der Waals surface area contributed by atoms with Crippen molar-refractivity contribution in [2.24, 2.45) is 10.7 Å². The molecule has 127 valence electrons.